The zero-order valence-electron chi connectivity index (χ0n) is 8.32. The molecule has 0 unspecified atom stereocenters. The van der Waals surface area contributed by atoms with Gasteiger partial charge in [0.2, 0.25) is 0 Å². The Balaban J connectivity index is 2.48. The van der Waals surface area contributed by atoms with E-state index in [1.807, 2.05) is 0 Å². The number of pyridine rings is 1. The van der Waals surface area contributed by atoms with Crippen LogP contribution in [0.2, 0.25) is 5.02 Å². The molecule has 1 heterocycles. The van der Waals surface area contributed by atoms with E-state index in [1.165, 1.54) is 6.07 Å². The summed E-state index contributed by atoms with van der Waals surface area (Å²) in [5.41, 5.74) is 2.04. The second-order valence-corrected chi connectivity index (χ2v) is 3.77. The van der Waals surface area contributed by atoms with Crippen LogP contribution < -0.4 is 0 Å². The smallest absolute Gasteiger partial charge is 0.142 e. The number of aromatic nitrogens is 1. The summed E-state index contributed by atoms with van der Waals surface area (Å²) in [6.07, 6.45) is 2.68. The van der Waals surface area contributed by atoms with Crippen molar-refractivity contribution in [2.75, 3.05) is 0 Å². The molecule has 1 aromatic heterocycles. The first kappa shape index (κ1) is 11.0. The molecular formula is C12H9ClFNO. The van der Waals surface area contributed by atoms with Gasteiger partial charge in [0.05, 0.1) is 12.8 Å². The first-order valence-electron chi connectivity index (χ1n) is 4.71. The Morgan fingerprint density at radius 3 is 2.69 bits per heavy atom. The maximum atomic E-state index is 13.0. The molecule has 16 heavy (non-hydrogen) atoms. The molecule has 0 bridgehead atoms. The highest BCUT2D eigenvalue weighted by molar-refractivity contribution is 6.33. The molecule has 0 fully saturated rings. The van der Waals surface area contributed by atoms with Crippen molar-refractivity contribution in [1.29, 1.82) is 0 Å². The van der Waals surface area contributed by atoms with Crippen molar-refractivity contribution in [1.82, 2.24) is 4.98 Å². The van der Waals surface area contributed by atoms with Crippen LogP contribution in [0.15, 0.2) is 36.7 Å². The van der Waals surface area contributed by atoms with Crippen molar-refractivity contribution in [3.05, 3.63) is 53.1 Å². The van der Waals surface area contributed by atoms with Gasteiger partial charge in [-0.15, -0.1) is 0 Å². The van der Waals surface area contributed by atoms with Gasteiger partial charge < -0.3 is 5.11 Å². The van der Waals surface area contributed by atoms with E-state index in [4.69, 9.17) is 16.7 Å². The van der Waals surface area contributed by atoms with Crippen molar-refractivity contribution in [3.8, 4) is 11.1 Å². The third kappa shape index (κ3) is 2.21. The lowest BCUT2D eigenvalue weighted by Gasteiger charge is -2.05. The Bertz CT molecular complexity index is 516. The number of aliphatic hydroxyl groups is 1. The predicted molar refractivity (Wildman–Crippen MR) is 60.6 cm³/mol. The SMILES string of the molecule is OCc1ccc(-c2cncc(F)c2)c(Cl)c1. The van der Waals surface area contributed by atoms with Crippen LogP contribution >= 0.6 is 11.6 Å². The van der Waals surface area contributed by atoms with Crippen molar-refractivity contribution >= 4 is 11.6 Å². The zero-order valence-corrected chi connectivity index (χ0v) is 9.08. The average molecular weight is 238 g/mol. The van der Waals surface area contributed by atoms with Gasteiger partial charge in [0.1, 0.15) is 5.82 Å². The molecule has 0 amide bonds. The van der Waals surface area contributed by atoms with E-state index in [0.29, 0.717) is 16.1 Å². The van der Waals surface area contributed by atoms with E-state index in [0.717, 1.165) is 11.8 Å². The van der Waals surface area contributed by atoms with Crippen LogP contribution in [0.25, 0.3) is 11.1 Å². The first-order chi connectivity index (χ1) is 7.70. The Morgan fingerprint density at radius 1 is 1.25 bits per heavy atom. The minimum absolute atomic E-state index is 0.0681. The fraction of sp³-hybridized carbons (Fsp3) is 0.0833. The third-order valence-corrected chi connectivity index (χ3v) is 2.54. The molecule has 0 aliphatic rings. The molecule has 2 aromatic rings. The molecule has 0 atom stereocenters. The fourth-order valence-corrected chi connectivity index (χ4v) is 1.76. The number of halogens is 2. The second-order valence-electron chi connectivity index (χ2n) is 3.36. The number of hydrogen-bond donors (Lipinski definition) is 1. The van der Waals surface area contributed by atoms with E-state index >= 15 is 0 Å². The molecule has 0 aliphatic heterocycles. The number of rotatable bonds is 2. The van der Waals surface area contributed by atoms with Crippen LogP contribution in [0.1, 0.15) is 5.56 Å². The Hall–Kier alpha value is -1.45. The van der Waals surface area contributed by atoms with Crippen molar-refractivity contribution < 1.29 is 9.50 Å². The molecule has 1 aromatic carbocycles. The summed E-state index contributed by atoms with van der Waals surface area (Å²) in [5.74, 6) is -0.403. The van der Waals surface area contributed by atoms with Gasteiger partial charge in [0, 0.05) is 22.3 Å². The summed E-state index contributed by atoms with van der Waals surface area (Å²) in [6, 6.07) is 6.51. The van der Waals surface area contributed by atoms with Gasteiger partial charge in [0.15, 0.2) is 0 Å². The normalized spacial score (nSPS) is 10.4. The largest absolute Gasteiger partial charge is 0.392 e. The van der Waals surface area contributed by atoms with Crippen molar-refractivity contribution in [2.24, 2.45) is 0 Å². The van der Waals surface area contributed by atoms with E-state index in [9.17, 15) is 4.39 Å². The number of aliphatic hydroxyl groups excluding tert-OH is 1. The molecule has 4 heteroatoms. The monoisotopic (exact) mass is 237 g/mol. The van der Waals surface area contributed by atoms with Gasteiger partial charge >= 0.3 is 0 Å². The molecule has 82 valence electrons. The number of benzene rings is 1. The van der Waals surface area contributed by atoms with Gasteiger partial charge in [-0.05, 0) is 17.7 Å². The van der Waals surface area contributed by atoms with Gasteiger partial charge in [-0.2, -0.15) is 0 Å². The molecule has 0 saturated carbocycles. The highest BCUT2D eigenvalue weighted by atomic mass is 35.5. The topological polar surface area (TPSA) is 33.1 Å². The van der Waals surface area contributed by atoms with E-state index in [2.05, 4.69) is 4.98 Å². The van der Waals surface area contributed by atoms with Gasteiger partial charge in [-0.25, -0.2) is 4.39 Å². The van der Waals surface area contributed by atoms with Crippen molar-refractivity contribution in [2.45, 2.75) is 6.61 Å². The summed E-state index contributed by atoms with van der Waals surface area (Å²) in [4.78, 5) is 3.76. The van der Waals surface area contributed by atoms with Crippen LogP contribution in [0, 0.1) is 5.82 Å². The molecule has 0 spiro atoms. The van der Waals surface area contributed by atoms with Gasteiger partial charge in [0.25, 0.3) is 0 Å². The standard InChI is InChI=1S/C12H9ClFNO/c13-12-3-8(7-16)1-2-11(12)9-4-10(14)6-15-5-9/h1-6,16H,7H2. The lowest BCUT2D eigenvalue weighted by Crippen LogP contribution is -1.87. The molecule has 0 aliphatic carbocycles. The quantitative estimate of drug-likeness (QED) is 0.871. The van der Waals surface area contributed by atoms with Gasteiger partial charge in [-0.3, -0.25) is 4.98 Å². The molecule has 2 nitrogen and oxygen atoms in total. The van der Waals surface area contributed by atoms with Crippen LogP contribution in [-0.2, 0) is 6.61 Å². The average Bonchev–Trinajstić information content (AvgIpc) is 2.28. The Labute approximate surface area is 97.3 Å². The van der Waals surface area contributed by atoms with Gasteiger partial charge in [-0.1, -0.05) is 23.7 Å². The summed E-state index contributed by atoms with van der Waals surface area (Å²) < 4.78 is 13.0. The molecule has 1 N–H and O–H groups in total. The summed E-state index contributed by atoms with van der Waals surface area (Å²) in [6.45, 7) is -0.0681. The number of nitrogens with zero attached hydrogens (tertiary/aromatic N) is 1. The zero-order chi connectivity index (χ0) is 11.5. The Morgan fingerprint density at radius 2 is 2.06 bits per heavy atom. The Kier molecular flexibility index (Phi) is 3.17. The first-order valence-corrected chi connectivity index (χ1v) is 5.08. The molecule has 0 saturated heterocycles. The summed E-state index contributed by atoms with van der Waals surface area (Å²) in [7, 11) is 0. The third-order valence-electron chi connectivity index (χ3n) is 2.23. The minimum atomic E-state index is -0.403. The van der Waals surface area contributed by atoms with E-state index in [1.54, 1.807) is 24.4 Å². The summed E-state index contributed by atoms with van der Waals surface area (Å²) in [5, 5.41) is 9.41. The maximum Gasteiger partial charge on any atom is 0.142 e. The molecule has 2 rings (SSSR count). The maximum absolute atomic E-state index is 13.0. The van der Waals surface area contributed by atoms with Crippen LogP contribution in [-0.4, -0.2) is 10.1 Å². The minimum Gasteiger partial charge on any atom is -0.392 e. The predicted octanol–water partition coefficient (Wildman–Crippen LogP) is 3.03. The second kappa shape index (κ2) is 4.60. The highest BCUT2D eigenvalue weighted by Gasteiger charge is 2.05. The van der Waals surface area contributed by atoms with Crippen LogP contribution in [0.4, 0.5) is 4.39 Å². The fourth-order valence-electron chi connectivity index (χ4n) is 1.45. The lowest BCUT2D eigenvalue weighted by molar-refractivity contribution is 0.282. The summed E-state index contributed by atoms with van der Waals surface area (Å²) >= 11 is 6.03. The lowest BCUT2D eigenvalue weighted by atomic mass is 10.1. The molecular weight excluding hydrogens is 229 g/mol. The van der Waals surface area contributed by atoms with E-state index < -0.39 is 5.82 Å². The van der Waals surface area contributed by atoms with Crippen LogP contribution in [0.3, 0.4) is 0 Å². The van der Waals surface area contributed by atoms with Crippen LogP contribution in [0.5, 0.6) is 0 Å². The number of hydrogen-bond acceptors (Lipinski definition) is 2. The highest BCUT2D eigenvalue weighted by Crippen LogP contribution is 2.28. The van der Waals surface area contributed by atoms with E-state index in [-0.39, 0.29) is 6.61 Å². The van der Waals surface area contributed by atoms with Crippen molar-refractivity contribution in [3.63, 3.8) is 0 Å². The molecule has 0 radical (unpaired) electrons.